The molecule has 0 radical (unpaired) electrons. The van der Waals surface area contributed by atoms with Crippen molar-refractivity contribution in [3.05, 3.63) is 48.0 Å². The quantitative estimate of drug-likeness (QED) is 0.688. The van der Waals surface area contributed by atoms with Gasteiger partial charge in [-0.25, -0.2) is 4.98 Å². The zero-order valence-corrected chi connectivity index (χ0v) is 9.24. The molecular weight excluding hydrogens is 218 g/mol. The highest BCUT2D eigenvalue weighted by Gasteiger charge is 2.06. The molecule has 0 bridgehead atoms. The molecule has 0 saturated carbocycles. The number of hydrogen-bond donors (Lipinski definition) is 1. The van der Waals surface area contributed by atoms with E-state index in [0.717, 1.165) is 15.8 Å². The number of phenolic OH excluding ortho intramolecular Hbond substituents is 1. The zero-order valence-electron chi connectivity index (χ0n) is 8.42. The lowest BCUT2D eigenvalue weighted by Gasteiger charge is -1.99. The molecule has 78 valence electrons. The first-order valence-electron chi connectivity index (χ1n) is 4.96. The molecule has 0 fully saturated rings. The number of pyridine rings is 1. The van der Waals surface area contributed by atoms with Crippen LogP contribution in [-0.4, -0.2) is 10.1 Å². The molecule has 0 aliphatic carbocycles. The van der Waals surface area contributed by atoms with Crippen molar-refractivity contribution in [1.29, 1.82) is 0 Å². The van der Waals surface area contributed by atoms with E-state index in [2.05, 4.69) is 16.4 Å². The molecule has 0 saturated heterocycles. The van der Waals surface area contributed by atoms with Gasteiger partial charge in [-0.3, -0.25) is 0 Å². The highest BCUT2D eigenvalue weighted by Crippen LogP contribution is 2.33. The molecule has 2 nitrogen and oxygen atoms in total. The fraction of sp³-hybridized carbons (Fsp3) is 0. The van der Waals surface area contributed by atoms with Gasteiger partial charge in [0, 0.05) is 22.5 Å². The summed E-state index contributed by atoms with van der Waals surface area (Å²) in [6.45, 7) is 0. The molecule has 0 unspecified atom stereocenters. The second-order valence-electron chi connectivity index (χ2n) is 3.55. The van der Waals surface area contributed by atoms with Gasteiger partial charge in [0.15, 0.2) is 0 Å². The number of thiophene rings is 1. The van der Waals surface area contributed by atoms with E-state index in [1.807, 2.05) is 18.2 Å². The molecule has 3 rings (SSSR count). The molecule has 0 atom stereocenters. The van der Waals surface area contributed by atoms with Crippen LogP contribution in [0.3, 0.4) is 0 Å². The van der Waals surface area contributed by atoms with E-state index in [-0.39, 0.29) is 0 Å². The van der Waals surface area contributed by atoms with Crippen LogP contribution < -0.4 is 0 Å². The number of phenols is 1. The molecule has 2 aromatic heterocycles. The van der Waals surface area contributed by atoms with Crippen LogP contribution >= 0.6 is 11.3 Å². The fourth-order valence-corrected chi connectivity index (χ4v) is 2.65. The molecule has 3 aromatic rings. The smallest absolute Gasteiger partial charge is 0.123 e. The minimum atomic E-state index is 0.293. The van der Waals surface area contributed by atoms with Crippen LogP contribution in [0.2, 0.25) is 0 Å². The molecule has 0 aliphatic heterocycles. The van der Waals surface area contributed by atoms with E-state index in [9.17, 15) is 5.11 Å². The minimum absolute atomic E-state index is 0.293. The van der Waals surface area contributed by atoms with Crippen LogP contribution in [0, 0.1) is 0 Å². The van der Waals surface area contributed by atoms with Gasteiger partial charge in [0.05, 0.1) is 0 Å². The maximum Gasteiger partial charge on any atom is 0.123 e. The number of nitrogens with zero attached hydrogens (tertiary/aromatic N) is 1. The Morgan fingerprint density at radius 2 is 1.88 bits per heavy atom. The number of hydrogen-bond acceptors (Lipinski definition) is 3. The van der Waals surface area contributed by atoms with Crippen molar-refractivity contribution in [2.45, 2.75) is 0 Å². The van der Waals surface area contributed by atoms with Gasteiger partial charge in [0.25, 0.3) is 0 Å². The van der Waals surface area contributed by atoms with Gasteiger partial charge in [-0.05, 0) is 29.8 Å². The van der Waals surface area contributed by atoms with Gasteiger partial charge in [-0.2, -0.15) is 0 Å². The highest BCUT2D eigenvalue weighted by molar-refractivity contribution is 7.17. The normalized spacial score (nSPS) is 10.8. The van der Waals surface area contributed by atoms with Crippen LogP contribution in [-0.2, 0) is 0 Å². The topological polar surface area (TPSA) is 33.1 Å². The number of fused-ring (bicyclic) bond motifs is 1. The third kappa shape index (κ3) is 1.46. The van der Waals surface area contributed by atoms with Crippen molar-refractivity contribution < 1.29 is 5.11 Å². The predicted molar refractivity (Wildman–Crippen MR) is 66.7 cm³/mol. The summed E-state index contributed by atoms with van der Waals surface area (Å²) in [6, 6.07) is 11.3. The maximum atomic E-state index is 9.26. The second kappa shape index (κ2) is 3.61. The van der Waals surface area contributed by atoms with Gasteiger partial charge in [0.2, 0.25) is 0 Å². The van der Waals surface area contributed by atoms with E-state index >= 15 is 0 Å². The Bertz CT molecular complexity index is 628. The first-order chi connectivity index (χ1) is 7.84. The molecule has 0 spiro atoms. The molecule has 16 heavy (non-hydrogen) atoms. The van der Waals surface area contributed by atoms with Gasteiger partial charge in [-0.15, -0.1) is 11.3 Å². The average molecular weight is 227 g/mol. The summed E-state index contributed by atoms with van der Waals surface area (Å²) in [7, 11) is 0. The zero-order chi connectivity index (χ0) is 11.0. The number of benzene rings is 1. The van der Waals surface area contributed by atoms with Crippen molar-refractivity contribution in [3.8, 4) is 16.9 Å². The van der Waals surface area contributed by atoms with Crippen molar-refractivity contribution in [1.82, 2.24) is 4.98 Å². The SMILES string of the molecule is Oc1ccc(-c2csc3ncccc23)cc1. The van der Waals surface area contributed by atoms with Crippen LogP contribution in [0.15, 0.2) is 48.0 Å². The molecule has 1 aromatic carbocycles. The van der Waals surface area contributed by atoms with E-state index in [1.54, 1.807) is 29.7 Å². The predicted octanol–water partition coefficient (Wildman–Crippen LogP) is 3.67. The summed E-state index contributed by atoms with van der Waals surface area (Å²) < 4.78 is 0. The Morgan fingerprint density at radius 3 is 2.69 bits per heavy atom. The van der Waals surface area contributed by atoms with Crippen LogP contribution in [0.5, 0.6) is 5.75 Å². The summed E-state index contributed by atoms with van der Waals surface area (Å²) in [6.07, 6.45) is 1.80. The Kier molecular flexibility index (Phi) is 2.11. The third-order valence-electron chi connectivity index (χ3n) is 2.53. The Hall–Kier alpha value is -1.87. The minimum Gasteiger partial charge on any atom is -0.508 e. The van der Waals surface area contributed by atoms with Crippen molar-refractivity contribution in [3.63, 3.8) is 0 Å². The van der Waals surface area contributed by atoms with Gasteiger partial charge in [-0.1, -0.05) is 12.1 Å². The monoisotopic (exact) mass is 227 g/mol. The Balaban J connectivity index is 2.22. The molecule has 0 aliphatic rings. The highest BCUT2D eigenvalue weighted by atomic mass is 32.1. The Morgan fingerprint density at radius 1 is 1.06 bits per heavy atom. The number of aromatic nitrogens is 1. The molecule has 1 N–H and O–H groups in total. The number of rotatable bonds is 1. The van der Waals surface area contributed by atoms with E-state index in [0.29, 0.717) is 5.75 Å². The summed E-state index contributed by atoms with van der Waals surface area (Å²) in [4.78, 5) is 5.36. The fourth-order valence-electron chi connectivity index (χ4n) is 1.73. The lowest BCUT2D eigenvalue weighted by molar-refractivity contribution is 0.475. The molecular formula is C13H9NOS. The van der Waals surface area contributed by atoms with E-state index in [1.165, 1.54) is 5.56 Å². The summed E-state index contributed by atoms with van der Waals surface area (Å²) in [5.41, 5.74) is 2.28. The van der Waals surface area contributed by atoms with Crippen LogP contribution in [0.25, 0.3) is 21.3 Å². The molecule has 3 heteroatoms. The molecule has 2 heterocycles. The lowest BCUT2D eigenvalue weighted by Crippen LogP contribution is -1.75. The van der Waals surface area contributed by atoms with Gasteiger partial charge in [0.1, 0.15) is 10.6 Å². The first kappa shape index (κ1) is 9.36. The van der Waals surface area contributed by atoms with Crippen molar-refractivity contribution in [2.75, 3.05) is 0 Å². The van der Waals surface area contributed by atoms with Gasteiger partial charge >= 0.3 is 0 Å². The standard InChI is InChI=1S/C13H9NOS/c15-10-5-3-9(4-6-10)12-8-16-13-11(12)2-1-7-14-13/h1-8,15H. The Labute approximate surface area is 96.8 Å². The van der Waals surface area contributed by atoms with Crippen LogP contribution in [0.1, 0.15) is 0 Å². The average Bonchev–Trinajstić information content (AvgIpc) is 2.74. The lowest BCUT2D eigenvalue weighted by atomic mass is 10.1. The van der Waals surface area contributed by atoms with E-state index < -0.39 is 0 Å². The van der Waals surface area contributed by atoms with E-state index in [4.69, 9.17) is 0 Å². The van der Waals surface area contributed by atoms with Crippen molar-refractivity contribution >= 4 is 21.6 Å². The first-order valence-corrected chi connectivity index (χ1v) is 5.84. The molecule has 0 amide bonds. The number of aromatic hydroxyl groups is 1. The van der Waals surface area contributed by atoms with Crippen LogP contribution in [0.4, 0.5) is 0 Å². The summed E-state index contributed by atoms with van der Waals surface area (Å²) in [5.74, 6) is 0.293. The third-order valence-corrected chi connectivity index (χ3v) is 3.43. The summed E-state index contributed by atoms with van der Waals surface area (Å²) in [5, 5.41) is 12.5. The largest absolute Gasteiger partial charge is 0.508 e. The second-order valence-corrected chi connectivity index (χ2v) is 4.41. The van der Waals surface area contributed by atoms with Crippen molar-refractivity contribution in [2.24, 2.45) is 0 Å². The maximum absolute atomic E-state index is 9.26. The van der Waals surface area contributed by atoms with Gasteiger partial charge < -0.3 is 5.11 Å². The summed E-state index contributed by atoms with van der Waals surface area (Å²) >= 11 is 1.64.